The molecule has 2 aromatic heterocycles. The number of H-pyrrole nitrogens is 1. The van der Waals surface area contributed by atoms with Gasteiger partial charge in [0.25, 0.3) is 0 Å². The lowest BCUT2D eigenvalue weighted by Gasteiger charge is -2.26. The molecular formula is C25H27N7O2. The first-order valence-electron chi connectivity index (χ1n) is 11.1. The van der Waals surface area contributed by atoms with E-state index in [0.29, 0.717) is 30.4 Å². The van der Waals surface area contributed by atoms with Gasteiger partial charge >= 0.3 is 0 Å². The van der Waals surface area contributed by atoms with Crippen LogP contribution in [-0.4, -0.2) is 49.6 Å². The Balaban J connectivity index is 1.65. The molecule has 4 rings (SSSR count). The van der Waals surface area contributed by atoms with E-state index in [4.69, 9.17) is 14.6 Å². The van der Waals surface area contributed by atoms with Crippen LogP contribution >= 0.6 is 0 Å². The summed E-state index contributed by atoms with van der Waals surface area (Å²) >= 11 is 0. The van der Waals surface area contributed by atoms with Crippen molar-refractivity contribution in [2.75, 3.05) is 14.2 Å². The van der Waals surface area contributed by atoms with Crippen LogP contribution < -0.4 is 0 Å². The molecule has 174 valence electrons. The molecule has 0 aliphatic heterocycles. The van der Waals surface area contributed by atoms with Crippen molar-refractivity contribution >= 4 is 0 Å². The summed E-state index contributed by atoms with van der Waals surface area (Å²) < 4.78 is 13.0. The number of aromatic amines is 1. The standard InChI is InChI=1S/C25H27N7O2/c1-5-7-12-22-26-24(25(6-2,33-3)34-4)29-32(22)17-18-13-15-19(16-14-18)20-10-8-9-11-21(20)23-27-30-31-28-23/h8-11,13-16H,5-6,17H2,1-4H3,(H,27,28,30,31). The molecule has 9 heteroatoms. The maximum absolute atomic E-state index is 5.63. The van der Waals surface area contributed by atoms with Crippen LogP contribution in [0.5, 0.6) is 0 Å². The second-order valence-electron chi connectivity index (χ2n) is 7.58. The summed E-state index contributed by atoms with van der Waals surface area (Å²) in [6, 6.07) is 16.3. The Morgan fingerprint density at radius 1 is 1.00 bits per heavy atom. The Labute approximate surface area is 198 Å². The van der Waals surface area contributed by atoms with Crippen LogP contribution in [0.3, 0.4) is 0 Å². The third-order valence-corrected chi connectivity index (χ3v) is 5.64. The fourth-order valence-electron chi connectivity index (χ4n) is 3.76. The molecule has 0 bridgehead atoms. The topological polar surface area (TPSA) is 104 Å². The molecule has 4 aromatic rings. The molecule has 0 fully saturated rings. The first kappa shape index (κ1) is 23.3. The molecule has 0 unspecified atom stereocenters. The van der Waals surface area contributed by atoms with Gasteiger partial charge in [0, 0.05) is 32.6 Å². The van der Waals surface area contributed by atoms with Crippen LogP contribution in [0.1, 0.15) is 43.9 Å². The molecule has 0 saturated heterocycles. The lowest BCUT2D eigenvalue weighted by Crippen LogP contribution is -2.31. The van der Waals surface area contributed by atoms with Gasteiger partial charge in [-0.05, 0) is 33.0 Å². The van der Waals surface area contributed by atoms with Crippen molar-refractivity contribution < 1.29 is 9.47 Å². The first-order chi connectivity index (χ1) is 16.6. The third kappa shape index (κ3) is 4.59. The molecule has 2 heterocycles. The maximum atomic E-state index is 5.63. The predicted octanol–water partition coefficient (Wildman–Crippen LogP) is 3.79. The molecule has 9 nitrogen and oxygen atoms in total. The highest BCUT2D eigenvalue weighted by Crippen LogP contribution is 2.30. The van der Waals surface area contributed by atoms with E-state index < -0.39 is 5.79 Å². The van der Waals surface area contributed by atoms with Crippen molar-refractivity contribution in [3.05, 3.63) is 65.7 Å². The minimum Gasteiger partial charge on any atom is -0.347 e. The van der Waals surface area contributed by atoms with E-state index in [1.54, 1.807) is 18.9 Å². The van der Waals surface area contributed by atoms with E-state index in [0.717, 1.165) is 28.7 Å². The first-order valence-corrected chi connectivity index (χ1v) is 11.1. The van der Waals surface area contributed by atoms with Crippen molar-refractivity contribution in [3.63, 3.8) is 0 Å². The molecule has 0 amide bonds. The van der Waals surface area contributed by atoms with Gasteiger partial charge in [-0.25, -0.2) is 9.78 Å². The van der Waals surface area contributed by atoms with E-state index >= 15 is 0 Å². The molecule has 34 heavy (non-hydrogen) atoms. The van der Waals surface area contributed by atoms with Gasteiger partial charge in [0.1, 0.15) is 0 Å². The van der Waals surface area contributed by atoms with Crippen LogP contribution in [0.4, 0.5) is 0 Å². The van der Waals surface area contributed by atoms with Crippen LogP contribution in [-0.2, 0) is 21.8 Å². The summed E-state index contributed by atoms with van der Waals surface area (Å²) in [5.41, 5.74) is 4.10. The fraction of sp³-hybridized carbons (Fsp3) is 0.320. The zero-order valence-electron chi connectivity index (χ0n) is 19.7. The van der Waals surface area contributed by atoms with Gasteiger partial charge in [-0.1, -0.05) is 68.3 Å². The molecule has 1 N–H and O–H groups in total. The third-order valence-electron chi connectivity index (χ3n) is 5.64. The van der Waals surface area contributed by atoms with E-state index in [-0.39, 0.29) is 0 Å². The van der Waals surface area contributed by atoms with E-state index in [9.17, 15) is 0 Å². The normalized spacial score (nSPS) is 11.3. The van der Waals surface area contributed by atoms with Crippen LogP contribution in [0.15, 0.2) is 48.5 Å². The van der Waals surface area contributed by atoms with Gasteiger partial charge in [0.15, 0.2) is 5.82 Å². The molecule has 0 radical (unpaired) electrons. The quantitative estimate of drug-likeness (QED) is 0.317. The number of nitrogens with one attached hydrogen (secondary N) is 1. The van der Waals surface area contributed by atoms with Crippen molar-refractivity contribution in [3.8, 4) is 34.4 Å². The number of tetrazole rings is 1. The Morgan fingerprint density at radius 3 is 2.35 bits per heavy atom. The molecule has 2 aromatic carbocycles. The average molecular weight is 458 g/mol. The van der Waals surface area contributed by atoms with Gasteiger partial charge in [0.2, 0.25) is 17.4 Å². The predicted molar refractivity (Wildman–Crippen MR) is 127 cm³/mol. The Kier molecular flexibility index (Phi) is 7.11. The summed E-state index contributed by atoms with van der Waals surface area (Å²) in [6.45, 7) is 4.49. The average Bonchev–Trinajstić information content (AvgIpc) is 3.56. The molecule has 0 spiro atoms. The maximum Gasteiger partial charge on any atom is 0.231 e. The number of aromatic nitrogens is 7. The van der Waals surface area contributed by atoms with E-state index in [1.807, 2.05) is 32.0 Å². The minimum atomic E-state index is -1.00. The van der Waals surface area contributed by atoms with E-state index in [1.165, 1.54) is 0 Å². The number of hydrogen-bond acceptors (Lipinski definition) is 7. The fourth-order valence-corrected chi connectivity index (χ4v) is 3.76. The van der Waals surface area contributed by atoms with Crippen molar-refractivity contribution in [2.24, 2.45) is 0 Å². The number of benzene rings is 2. The van der Waals surface area contributed by atoms with Crippen molar-refractivity contribution in [1.82, 2.24) is 35.4 Å². The second-order valence-corrected chi connectivity index (χ2v) is 7.58. The number of rotatable bonds is 8. The van der Waals surface area contributed by atoms with Crippen molar-refractivity contribution in [1.29, 1.82) is 0 Å². The largest absolute Gasteiger partial charge is 0.347 e. The lowest BCUT2D eigenvalue weighted by atomic mass is 9.98. The second kappa shape index (κ2) is 10.4. The summed E-state index contributed by atoms with van der Waals surface area (Å²) in [7, 11) is 3.19. The highest BCUT2D eigenvalue weighted by Gasteiger charge is 2.35. The summed E-state index contributed by atoms with van der Waals surface area (Å²) in [5.74, 6) is 6.87. The highest BCUT2D eigenvalue weighted by atomic mass is 16.7. The lowest BCUT2D eigenvalue weighted by molar-refractivity contribution is -0.222. The molecular weight excluding hydrogens is 430 g/mol. The number of methoxy groups -OCH3 is 2. The highest BCUT2D eigenvalue weighted by molar-refractivity contribution is 5.80. The molecule has 0 aliphatic rings. The van der Waals surface area contributed by atoms with E-state index in [2.05, 4.69) is 67.8 Å². The monoisotopic (exact) mass is 457 g/mol. The summed E-state index contributed by atoms with van der Waals surface area (Å²) in [6.07, 6.45) is 1.30. The summed E-state index contributed by atoms with van der Waals surface area (Å²) in [4.78, 5) is 4.64. The number of hydrogen-bond donors (Lipinski definition) is 1. The SMILES string of the molecule is CCC#Cc1nc(C(CC)(OC)OC)nn1Cc1ccc(-c2ccccc2-c2nnn[nH]2)cc1. The minimum absolute atomic E-state index is 0.464. The smallest absolute Gasteiger partial charge is 0.231 e. The van der Waals surface area contributed by atoms with Gasteiger partial charge in [-0.3, -0.25) is 0 Å². The van der Waals surface area contributed by atoms with Gasteiger partial charge in [-0.2, -0.15) is 4.98 Å². The van der Waals surface area contributed by atoms with Gasteiger partial charge in [0.05, 0.1) is 6.54 Å². The molecule has 0 aliphatic carbocycles. The van der Waals surface area contributed by atoms with Crippen LogP contribution in [0, 0.1) is 11.8 Å². The van der Waals surface area contributed by atoms with Crippen molar-refractivity contribution in [2.45, 2.75) is 39.0 Å². The summed E-state index contributed by atoms with van der Waals surface area (Å²) in [5, 5.41) is 19.0. The Morgan fingerprint density at radius 2 is 1.74 bits per heavy atom. The number of nitrogens with zero attached hydrogens (tertiary/aromatic N) is 6. The Bertz CT molecular complexity index is 1270. The zero-order valence-corrected chi connectivity index (χ0v) is 19.7. The number of ether oxygens (including phenoxy) is 2. The van der Waals surface area contributed by atoms with Crippen LogP contribution in [0.25, 0.3) is 22.5 Å². The zero-order chi connectivity index (χ0) is 24.0. The van der Waals surface area contributed by atoms with Crippen LogP contribution in [0.2, 0.25) is 0 Å². The van der Waals surface area contributed by atoms with Gasteiger partial charge in [-0.15, -0.1) is 10.2 Å². The molecule has 0 saturated carbocycles. The molecule has 0 atom stereocenters. The Hall–Kier alpha value is -3.87. The van der Waals surface area contributed by atoms with Gasteiger partial charge < -0.3 is 9.47 Å².